The minimum atomic E-state index is -3.60. The third-order valence-corrected chi connectivity index (χ3v) is 6.68. The summed E-state index contributed by atoms with van der Waals surface area (Å²) in [7, 11) is -3.60. The Labute approximate surface area is 134 Å². The van der Waals surface area contributed by atoms with E-state index in [2.05, 4.69) is 31.9 Å². The molecule has 1 aromatic rings. The van der Waals surface area contributed by atoms with Crippen LogP contribution in [0, 0.1) is 0 Å². The molecule has 0 aliphatic carbocycles. The lowest BCUT2D eigenvalue weighted by Gasteiger charge is -2.23. The summed E-state index contributed by atoms with van der Waals surface area (Å²) in [6.07, 6.45) is 1.45. The van der Waals surface area contributed by atoms with Gasteiger partial charge in [0.05, 0.1) is 15.9 Å². The average molecular weight is 428 g/mol. The molecule has 2 N–H and O–H groups in total. The van der Waals surface area contributed by atoms with Gasteiger partial charge < -0.3 is 5.73 Å². The number of rotatable bonds is 3. The van der Waals surface area contributed by atoms with Crippen LogP contribution in [0.5, 0.6) is 0 Å². The van der Waals surface area contributed by atoms with Gasteiger partial charge in [0.25, 0.3) is 0 Å². The number of halogens is 2. The molecule has 1 heterocycles. The molecule has 1 saturated heterocycles. The first kappa shape index (κ1) is 15.4. The topological polar surface area (TPSA) is 63.4 Å². The van der Waals surface area contributed by atoms with Gasteiger partial charge >= 0.3 is 0 Å². The second-order valence-electron chi connectivity index (χ2n) is 4.25. The van der Waals surface area contributed by atoms with Crippen LogP contribution in [-0.4, -0.2) is 30.3 Å². The van der Waals surface area contributed by atoms with Gasteiger partial charge in [-0.15, -0.1) is 0 Å². The Morgan fingerprint density at radius 2 is 2.11 bits per heavy atom. The standard InChI is InChI=1S/C11H12Br2N2O2S2/c12-7-3-4-8(13)10(6-7)19(16,17)15-5-1-2-9(15)11(14)18/h3-4,6,9H,1-2,5H2,(H2,14,18). The van der Waals surface area contributed by atoms with Crippen LogP contribution < -0.4 is 5.73 Å². The van der Waals surface area contributed by atoms with Crippen LogP contribution in [-0.2, 0) is 10.0 Å². The number of hydrogen-bond acceptors (Lipinski definition) is 3. The first-order chi connectivity index (χ1) is 8.84. The van der Waals surface area contributed by atoms with E-state index in [0.717, 1.165) is 6.42 Å². The van der Waals surface area contributed by atoms with E-state index in [9.17, 15) is 8.42 Å². The molecule has 19 heavy (non-hydrogen) atoms. The SMILES string of the molecule is NC(=S)C1CCCN1S(=O)(=O)c1cc(Br)ccc1Br. The van der Waals surface area contributed by atoms with E-state index in [1.807, 2.05) is 0 Å². The van der Waals surface area contributed by atoms with Crippen molar-refractivity contribution in [1.82, 2.24) is 4.31 Å². The molecular weight excluding hydrogens is 416 g/mol. The summed E-state index contributed by atoms with van der Waals surface area (Å²) in [5.41, 5.74) is 5.64. The third kappa shape index (κ3) is 3.02. The Morgan fingerprint density at radius 1 is 1.42 bits per heavy atom. The lowest BCUT2D eigenvalue weighted by molar-refractivity contribution is 0.446. The van der Waals surface area contributed by atoms with Crippen LogP contribution >= 0.6 is 44.1 Å². The predicted octanol–water partition coefficient (Wildman–Crippen LogP) is 2.65. The Kier molecular flexibility index (Phi) is 4.67. The molecule has 0 spiro atoms. The zero-order valence-corrected chi connectivity index (χ0v) is 14.6. The zero-order chi connectivity index (χ0) is 14.2. The second kappa shape index (κ2) is 5.77. The van der Waals surface area contributed by atoms with Gasteiger partial charge in [0.2, 0.25) is 10.0 Å². The van der Waals surface area contributed by atoms with Gasteiger partial charge in [-0.25, -0.2) is 8.42 Å². The number of benzene rings is 1. The molecule has 4 nitrogen and oxygen atoms in total. The van der Waals surface area contributed by atoms with Crippen molar-refractivity contribution in [2.75, 3.05) is 6.54 Å². The zero-order valence-electron chi connectivity index (χ0n) is 9.84. The first-order valence-corrected chi connectivity index (χ1v) is 9.03. The molecule has 0 bridgehead atoms. The number of nitrogens with zero attached hydrogens (tertiary/aromatic N) is 1. The van der Waals surface area contributed by atoms with E-state index in [0.29, 0.717) is 21.9 Å². The molecule has 1 aliphatic rings. The van der Waals surface area contributed by atoms with Crippen molar-refractivity contribution in [3.8, 4) is 0 Å². The van der Waals surface area contributed by atoms with E-state index < -0.39 is 10.0 Å². The van der Waals surface area contributed by atoms with E-state index in [1.165, 1.54) is 4.31 Å². The highest BCUT2D eigenvalue weighted by Gasteiger charge is 2.37. The molecule has 1 fully saturated rings. The van der Waals surface area contributed by atoms with Gasteiger partial charge in [-0.05, 0) is 47.0 Å². The van der Waals surface area contributed by atoms with E-state index in [4.69, 9.17) is 18.0 Å². The Balaban J connectivity index is 2.48. The van der Waals surface area contributed by atoms with Crippen molar-refractivity contribution in [1.29, 1.82) is 0 Å². The van der Waals surface area contributed by atoms with Crippen LogP contribution in [0.4, 0.5) is 0 Å². The molecule has 0 saturated carbocycles. The lowest BCUT2D eigenvalue weighted by atomic mass is 10.2. The fourth-order valence-corrected chi connectivity index (χ4v) is 5.56. The lowest BCUT2D eigenvalue weighted by Crippen LogP contribution is -2.42. The molecule has 0 amide bonds. The molecule has 2 rings (SSSR count). The Bertz CT molecular complexity index is 619. The summed E-state index contributed by atoms with van der Waals surface area (Å²) in [5, 5.41) is 0. The number of sulfonamides is 1. The smallest absolute Gasteiger partial charge is 0.244 e. The molecule has 1 aliphatic heterocycles. The van der Waals surface area contributed by atoms with Crippen molar-refractivity contribution < 1.29 is 8.42 Å². The van der Waals surface area contributed by atoms with Gasteiger partial charge in [-0.3, -0.25) is 0 Å². The van der Waals surface area contributed by atoms with Crippen molar-refractivity contribution in [3.05, 3.63) is 27.1 Å². The summed E-state index contributed by atoms with van der Waals surface area (Å²) in [6, 6.07) is 4.67. The van der Waals surface area contributed by atoms with Crippen molar-refractivity contribution >= 4 is 59.1 Å². The first-order valence-electron chi connectivity index (χ1n) is 5.60. The largest absolute Gasteiger partial charge is 0.392 e. The number of hydrogen-bond donors (Lipinski definition) is 1. The van der Waals surface area contributed by atoms with Gasteiger partial charge in [0.1, 0.15) is 0 Å². The predicted molar refractivity (Wildman–Crippen MR) is 85.5 cm³/mol. The molecule has 0 aromatic heterocycles. The molecular formula is C11H12Br2N2O2S2. The number of thiocarbonyl (C=S) groups is 1. The highest BCUT2D eigenvalue weighted by molar-refractivity contribution is 9.11. The van der Waals surface area contributed by atoms with E-state index in [-0.39, 0.29) is 15.9 Å². The fraction of sp³-hybridized carbons (Fsp3) is 0.364. The molecule has 0 radical (unpaired) electrons. The van der Waals surface area contributed by atoms with Gasteiger partial charge in [0, 0.05) is 15.5 Å². The van der Waals surface area contributed by atoms with Crippen LogP contribution in [0.1, 0.15) is 12.8 Å². The van der Waals surface area contributed by atoms with Crippen molar-refractivity contribution in [3.63, 3.8) is 0 Å². The maximum atomic E-state index is 12.7. The monoisotopic (exact) mass is 426 g/mol. The third-order valence-electron chi connectivity index (χ3n) is 3.01. The normalized spacial score (nSPS) is 20.6. The summed E-state index contributed by atoms with van der Waals surface area (Å²) in [5.74, 6) is 0. The quantitative estimate of drug-likeness (QED) is 0.753. The van der Waals surface area contributed by atoms with Crippen LogP contribution in [0.3, 0.4) is 0 Å². The van der Waals surface area contributed by atoms with E-state index in [1.54, 1.807) is 18.2 Å². The summed E-state index contributed by atoms with van der Waals surface area (Å²) in [6.45, 7) is 0.448. The fourth-order valence-electron chi connectivity index (χ4n) is 2.11. The molecule has 8 heteroatoms. The molecule has 1 atom stereocenters. The van der Waals surface area contributed by atoms with Gasteiger partial charge in [0.15, 0.2) is 0 Å². The average Bonchev–Trinajstić information content (AvgIpc) is 2.82. The van der Waals surface area contributed by atoms with Crippen LogP contribution in [0.2, 0.25) is 0 Å². The van der Waals surface area contributed by atoms with Crippen LogP contribution in [0.15, 0.2) is 32.0 Å². The maximum Gasteiger partial charge on any atom is 0.244 e. The minimum Gasteiger partial charge on any atom is -0.392 e. The highest BCUT2D eigenvalue weighted by atomic mass is 79.9. The van der Waals surface area contributed by atoms with Gasteiger partial charge in [-0.1, -0.05) is 28.1 Å². The molecule has 1 aromatic carbocycles. The Morgan fingerprint density at radius 3 is 2.74 bits per heavy atom. The number of nitrogens with two attached hydrogens (primary N) is 1. The van der Waals surface area contributed by atoms with Crippen molar-refractivity contribution in [2.45, 2.75) is 23.8 Å². The second-order valence-corrected chi connectivity index (χ2v) is 8.35. The minimum absolute atomic E-state index is 0.227. The maximum absolute atomic E-state index is 12.7. The highest BCUT2D eigenvalue weighted by Crippen LogP contribution is 2.32. The summed E-state index contributed by atoms with van der Waals surface area (Å²) in [4.78, 5) is 0.456. The van der Waals surface area contributed by atoms with E-state index >= 15 is 0 Å². The molecule has 1 unspecified atom stereocenters. The van der Waals surface area contributed by atoms with Crippen molar-refractivity contribution in [2.24, 2.45) is 5.73 Å². The van der Waals surface area contributed by atoms with Gasteiger partial charge in [-0.2, -0.15) is 4.31 Å². The molecule has 104 valence electrons. The van der Waals surface area contributed by atoms with Crippen LogP contribution in [0.25, 0.3) is 0 Å². The Hall–Kier alpha value is -0.0200. The summed E-state index contributed by atoms with van der Waals surface area (Å²) >= 11 is 11.5. The summed E-state index contributed by atoms with van der Waals surface area (Å²) < 4.78 is 28.0.